The van der Waals surface area contributed by atoms with Crippen LogP contribution in [0.1, 0.15) is 77.0 Å². The van der Waals surface area contributed by atoms with E-state index in [1.165, 1.54) is 42.1 Å². The molecule has 0 saturated heterocycles. The van der Waals surface area contributed by atoms with Crippen molar-refractivity contribution in [2.75, 3.05) is 0 Å². The van der Waals surface area contributed by atoms with Crippen LogP contribution in [0, 0.1) is 49.9 Å². The Bertz CT molecular complexity index is 755. The van der Waals surface area contributed by atoms with E-state index < -0.39 is 11.9 Å². The molecule has 0 aromatic heterocycles. The summed E-state index contributed by atoms with van der Waals surface area (Å²) in [7, 11) is 0. The molecule has 8 aliphatic rings. The van der Waals surface area contributed by atoms with Gasteiger partial charge < -0.3 is 10.2 Å². The van der Waals surface area contributed by atoms with Crippen molar-refractivity contribution < 1.29 is 19.8 Å². The number of hydrogen-bond donors (Lipinski definition) is 2. The molecule has 8 fully saturated rings. The summed E-state index contributed by atoms with van der Waals surface area (Å²) in [6.45, 7) is 0. The van der Waals surface area contributed by atoms with Gasteiger partial charge in [-0.3, -0.25) is 9.59 Å². The van der Waals surface area contributed by atoms with Gasteiger partial charge in [0.2, 0.25) is 0 Å². The van der Waals surface area contributed by atoms with Crippen molar-refractivity contribution in [1.29, 1.82) is 0 Å². The van der Waals surface area contributed by atoms with Gasteiger partial charge in [-0.05, 0) is 147 Å². The molecule has 0 spiro atoms. The smallest absolute Gasteiger partial charge is 0.309 e. The van der Waals surface area contributed by atoms with E-state index in [9.17, 15) is 19.8 Å². The SMILES string of the molecule is Ic1ccccc1.O=C(O)C12CC3CC(CC(C3)C1)C2.O=C(O)C12CC3CC(CC(C3)C1)C2. The predicted molar refractivity (Wildman–Crippen MR) is 136 cm³/mol. The first-order valence-corrected chi connectivity index (χ1v) is 14.0. The highest BCUT2D eigenvalue weighted by Gasteiger charge is 2.55. The molecule has 4 nitrogen and oxygen atoms in total. The molecule has 8 bridgehead atoms. The monoisotopic (exact) mass is 564 g/mol. The molecule has 8 saturated carbocycles. The van der Waals surface area contributed by atoms with Gasteiger partial charge in [0.05, 0.1) is 10.8 Å². The molecule has 1 aromatic carbocycles. The fraction of sp³-hybridized carbons (Fsp3) is 0.714. The topological polar surface area (TPSA) is 74.6 Å². The lowest BCUT2D eigenvalue weighted by atomic mass is 9.49. The average molecular weight is 565 g/mol. The number of halogens is 1. The maximum Gasteiger partial charge on any atom is 0.309 e. The van der Waals surface area contributed by atoms with E-state index in [4.69, 9.17) is 0 Å². The summed E-state index contributed by atoms with van der Waals surface area (Å²) in [4.78, 5) is 22.5. The summed E-state index contributed by atoms with van der Waals surface area (Å²) < 4.78 is 1.29. The maximum atomic E-state index is 11.3. The Morgan fingerprint density at radius 3 is 1.06 bits per heavy atom. The third kappa shape index (κ3) is 4.85. The molecule has 0 heterocycles. The van der Waals surface area contributed by atoms with Crippen molar-refractivity contribution in [3.8, 4) is 0 Å². The highest BCUT2D eigenvalue weighted by Crippen LogP contribution is 2.61. The van der Waals surface area contributed by atoms with Crippen LogP contribution in [0.15, 0.2) is 30.3 Å². The second kappa shape index (κ2) is 9.16. The lowest BCUT2D eigenvalue weighted by molar-refractivity contribution is -0.165. The number of benzene rings is 1. The van der Waals surface area contributed by atoms with Crippen LogP contribution in [0.25, 0.3) is 0 Å². The van der Waals surface area contributed by atoms with E-state index in [1.807, 2.05) is 18.2 Å². The van der Waals surface area contributed by atoms with Crippen LogP contribution in [-0.4, -0.2) is 22.2 Å². The summed E-state index contributed by atoms with van der Waals surface area (Å²) in [5.41, 5.74) is -0.566. The third-order valence-corrected chi connectivity index (χ3v) is 10.4. The van der Waals surface area contributed by atoms with Crippen LogP contribution < -0.4 is 0 Å². The van der Waals surface area contributed by atoms with Gasteiger partial charge in [0.15, 0.2) is 0 Å². The van der Waals surface area contributed by atoms with Gasteiger partial charge in [0, 0.05) is 3.57 Å². The van der Waals surface area contributed by atoms with Crippen molar-refractivity contribution >= 4 is 34.5 Å². The highest BCUT2D eigenvalue weighted by molar-refractivity contribution is 14.1. The Morgan fingerprint density at radius 2 is 0.879 bits per heavy atom. The van der Waals surface area contributed by atoms with Gasteiger partial charge in [0.25, 0.3) is 0 Å². The van der Waals surface area contributed by atoms with E-state index in [-0.39, 0.29) is 10.8 Å². The van der Waals surface area contributed by atoms with Crippen molar-refractivity contribution in [1.82, 2.24) is 0 Å². The zero-order chi connectivity index (χ0) is 23.2. The minimum absolute atomic E-state index is 0.283. The van der Waals surface area contributed by atoms with E-state index in [1.54, 1.807) is 0 Å². The molecule has 0 atom stereocenters. The summed E-state index contributed by atoms with van der Waals surface area (Å²) >= 11 is 2.28. The van der Waals surface area contributed by atoms with Crippen LogP contribution >= 0.6 is 22.6 Å². The number of hydrogen-bond acceptors (Lipinski definition) is 2. The number of rotatable bonds is 2. The molecule has 0 radical (unpaired) electrons. The first-order chi connectivity index (χ1) is 15.8. The van der Waals surface area contributed by atoms with Crippen LogP contribution in [0.2, 0.25) is 0 Å². The standard InChI is InChI=1S/2C11H16O2.C6H5I/c2*12-10(13)11-4-7-1-8(5-11)3-9(2-7)6-11;7-6-4-2-1-3-5-6/h2*7-9H,1-6H2,(H,12,13);1-5H. The van der Waals surface area contributed by atoms with Crippen molar-refractivity contribution in [3.63, 3.8) is 0 Å². The lowest BCUT2D eigenvalue weighted by Crippen LogP contribution is -2.49. The fourth-order valence-corrected chi connectivity index (χ4v) is 9.58. The van der Waals surface area contributed by atoms with Gasteiger partial charge in [-0.2, -0.15) is 0 Å². The van der Waals surface area contributed by atoms with E-state index in [2.05, 4.69) is 34.7 Å². The second-order valence-corrected chi connectivity index (χ2v) is 13.5. The molecule has 8 aliphatic carbocycles. The van der Waals surface area contributed by atoms with Crippen LogP contribution in [0.3, 0.4) is 0 Å². The van der Waals surface area contributed by atoms with Gasteiger partial charge in [-0.15, -0.1) is 0 Å². The van der Waals surface area contributed by atoms with Gasteiger partial charge in [-0.1, -0.05) is 18.2 Å². The normalized spacial score (nSPS) is 43.2. The third-order valence-electron chi connectivity index (χ3n) is 9.72. The quantitative estimate of drug-likeness (QED) is 0.385. The Kier molecular flexibility index (Phi) is 6.56. The molecular formula is C28H37IO4. The Labute approximate surface area is 211 Å². The molecule has 180 valence electrons. The number of carboxylic acids is 2. The maximum absolute atomic E-state index is 11.3. The molecule has 33 heavy (non-hydrogen) atoms. The average Bonchev–Trinajstić information content (AvgIpc) is 2.73. The van der Waals surface area contributed by atoms with E-state index in [0.717, 1.165) is 74.0 Å². The fourth-order valence-electron chi connectivity index (χ4n) is 9.16. The van der Waals surface area contributed by atoms with Crippen molar-refractivity contribution in [3.05, 3.63) is 33.9 Å². The minimum atomic E-state index is -0.508. The van der Waals surface area contributed by atoms with Crippen molar-refractivity contribution in [2.45, 2.75) is 77.0 Å². The lowest BCUT2D eigenvalue weighted by Gasteiger charge is -2.54. The second-order valence-electron chi connectivity index (χ2n) is 12.3. The molecule has 2 N–H and O–H groups in total. The number of carbonyl (C=O) groups is 2. The summed E-state index contributed by atoms with van der Waals surface area (Å²) in [5, 5.41) is 18.6. The predicted octanol–water partition coefficient (Wildman–Crippen LogP) is 6.87. The molecule has 0 aliphatic heterocycles. The van der Waals surface area contributed by atoms with Crippen LogP contribution in [0.5, 0.6) is 0 Å². The van der Waals surface area contributed by atoms with Gasteiger partial charge >= 0.3 is 11.9 Å². The molecule has 9 rings (SSSR count). The summed E-state index contributed by atoms with van der Waals surface area (Å²) in [6, 6.07) is 10.2. The Balaban J connectivity index is 0.000000109. The first kappa shape index (κ1) is 23.6. The molecule has 5 heteroatoms. The van der Waals surface area contributed by atoms with E-state index in [0.29, 0.717) is 0 Å². The van der Waals surface area contributed by atoms with E-state index >= 15 is 0 Å². The van der Waals surface area contributed by atoms with Gasteiger partial charge in [-0.25, -0.2) is 0 Å². The minimum Gasteiger partial charge on any atom is -0.481 e. The zero-order valence-corrected chi connectivity index (χ0v) is 21.6. The zero-order valence-electron chi connectivity index (χ0n) is 19.4. The van der Waals surface area contributed by atoms with Crippen LogP contribution in [0.4, 0.5) is 0 Å². The number of carboxylic acid groups (broad SMARTS) is 2. The summed E-state index contributed by atoms with van der Waals surface area (Å²) in [6.07, 6.45) is 13.8. The Hall–Kier alpha value is -1.11. The van der Waals surface area contributed by atoms with Crippen LogP contribution in [-0.2, 0) is 9.59 Å². The van der Waals surface area contributed by atoms with Crippen molar-refractivity contribution in [2.24, 2.45) is 46.3 Å². The summed E-state index contributed by atoms with van der Waals surface area (Å²) in [5.74, 6) is 3.50. The first-order valence-electron chi connectivity index (χ1n) is 12.9. The number of aliphatic carboxylic acids is 2. The van der Waals surface area contributed by atoms with Gasteiger partial charge in [0.1, 0.15) is 0 Å². The molecule has 0 unspecified atom stereocenters. The Morgan fingerprint density at radius 1 is 0.606 bits per heavy atom. The highest BCUT2D eigenvalue weighted by atomic mass is 127. The largest absolute Gasteiger partial charge is 0.481 e. The molecular weight excluding hydrogens is 527 g/mol. The molecule has 0 amide bonds. The molecule has 1 aromatic rings.